The maximum absolute atomic E-state index is 12.2. The number of methoxy groups -OCH3 is 1. The molecule has 0 aliphatic rings. The molecule has 2 N–H and O–H groups in total. The third-order valence-corrected chi connectivity index (χ3v) is 4.28. The fraction of sp³-hybridized carbons (Fsp3) is 0.200. The topological polar surface area (TPSA) is 97.0 Å². The van der Waals surface area contributed by atoms with Crippen molar-refractivity contribution in [3.63, 3.8) is 0 Å². The molecule has 19 heavy (non-hydrogen) atoms. The number of rotatable bonds is 4. The van der Waals surface area contributed by atoms with Crippen molar-refractivity contribution in [2.45, 2.75) is 11.8 Å². The van der Waals surface area contributed by atoms with Crippen molar-refractivity contribution >= 4 is 27.6 Å². The highest BCUT2D eigenvalue weighted by molar-refractivity contribution is 7.92. The lowest BCUT2D eigenvalue weighted by molar-refractivity contribution is 0.382. The van der Waals surface area contributed by atoms with Crippen LogP contribution in [0.4, 0.5) is 5.95 Å². The molecule has 1 aromatic heterocycles. The molecule has 0 saturated heterocycles. The predicted octanol–water partition coefficient (Wildman–Crippen LogP) is 1.58. The van der Waals surface area contributed by atoms with Gasteiger partial charge in [-0.15, -0.1) is 5.10 Å². The van der Waals surface area contributed by atoms with Crippen LogP contribution in [0, 0.1) is 6.92 Å². The van der Waals surface area contributed by atoms with Crippen molar-refractivity contribution in [2.75, 3.05) is 11.8 Å². The number of nitrogens with zero attached hydrogens (tertiary/aromatic N) is 2. The molecule has 0 fully saturated rings. The van der Waals surface area contributed by atoms with Crippen molar-refractivity contribution in [1.82, 2.24) is 15.2 Å². The molecule has 0 unspecified atom stereocenters. The van der Waals surface area contributed by atoms with E-state index in [1.54, 1.807) is 19.1 Å². The average Bonchev–Trinajstić information content (AvgIpc) is 2.79. The molecule has 0 amide bonds. The average molecular weight is 303 g/mol. The van der Waals surface area contributed by atoms with Gasteiger partial charge in [0.15, 0.2) is 0 Å². The van der Waals surface area contributed by atoms with Gasteiger partial charge in [-0.25, -0.2) is 18.2 Å². The molecule has 0 atom stereocenters. The van der Waals surface area contributed by atoms with Crippen LogP contribution in [0.1, 0.15) is 5.56 Å². The number of benzene rings is 1. The Kier molecular flexibility index (Phi) is 3.63. The van der Waals surface area contributed by atoms with E-state index in [1.165, 1.54) is 13.2 Å². The summed E-state index contributed by atoms with van der Waals surface area (Å²) in [7, 11) is -2.41. The van der Waals surface area contributed by atoms with Crippen LogP contribution in [0.25, 0.3) is 0 Å². The third kappa shape index (κ3) is 2.79. The van der Waals surface area contributed by atoms with E-state index in [4.69, 9.17) is 16.3 Å². The summed E-state index contributed by atoms with van der Waals surface area (Å²) in [5, 5.41) is 6.42. The Morgan fingerprint density at radius 1 is 1.42 bits per heavy atom. The molecule has 2 aromatic rings. The summed E-state index contributed by atoms with van der Waals surface area (Å²) < 4.78 is 31.4. The van der Waals surface area contributed by atoms with Gasteiger partial charge in [-0.1, -0.05) is 17.7 Å². The molecule has 1 heterocycles. The minimum Gasteiger partial charge on any atom is -0.466 e. The summed E-state index contributed by atoms with van der Waals surface area (Å²) in [6.07, 6.45) is 0. The number of nitrogens with one attached hydrogen (secondary N) is 2. The molecule has 7 nitrogen and oxygen atoms in total. The molecule has 9 heteroatoms. The van der Waals surface area contributed by atoms with Gasteiger partial charge in [-0.2, -0.15) is 4.98 Å². The summed E-state index contributed by atoms with van der Waals surface area (Å²) in [6, 6.07) is 4.68. The maximum atomic E-state index is 12.2. The first kappa shape index (κ1) is 13.6. The molecule has 102 valence electrons. The van der Waals surface area contributed by atoms with Gasteiger partial charge in [0, 0.05) is 5.02 Å². The summed E-state index contributed by atoms with van der Waals surface area (Å²) in [5.41, 5.74) is 0.461. The zero-order valence-electron chi connectivity index (χ0n) is 10.1. The number of hydrogen-bond donors (Lipinski definition) is 2. The van der Waals surface area contributed by atoms with Gasteiger partial charge in [0.1, 0.15) is 0 Å². The van der Waals surface area contributed by atoms with Gasteiger partial charge in [0.2, 0.25) is 5.95 Å². The number of H-pyrrole nitrogens is 1. The lowest BCUT2D eigenvalue weighted by atomic mass is 10.2. The first-order valence-electron chi connectivity index (χ1n) is 5.18. The summed E-state index contributed by atoms with van der Waals surface area (Å²) >= 11 is 5.90. The van der Waals surface area contributed by atoms with Gasteiger partial charge in [-0.05, 0) is 24.6 Å². The highest BCUT2D eigenvalue weighted by Crippen LogP contribution is 2.24. The third-order valence-electron chi connectivity index (χ3n) is 2.39. The minimum atomic E-state index is -3.79. The number of aromatic nitrogens is 3. The van der Waals surface area contributed by atoms with Gasteiger partial charge in [0.05, 0.1) is 12.0 Å². The molecule has 2 rings (SSSR count). The van der Waals surface area contributed by atoms with E-state index >= 15 is 0 Å². The highest BCUT2D eigenvalue weighted by atomic mass is 35.5. The SMILES string of the molecule is COc1n[nH]c(NS(=O)(=O)c2cccc(Cl)c2C)n1. The second kappa shape index (κ2) is 5.06. The van der Waals surface area contributed by atoms with Crippen molar-refractivity contribution in [3.8, 4) is 6.01 Å². The zero-order valence-corrected chi connectivity index (χ0v) is 11.7. The summed E-state index contributed by atoms with van der Waals surface area (Å²) in [6.45, 7) is 1.62. The lowest BCUT2D eigenvalue weighted by Gasteiger charge is -2.08. The fourth-order valence-corrected chi connectivity index (χ4v) is 2.90. The van der Waals surface area contributed by atoms with Crippen LogP contribution in [-0.4, -0.2) is 30.7 Å². The fourth-order valence-electron chi connectivity index (χ4n) is 1.44. The number of sulfonamides is 1. The van der Waals surface area contributed by atoms with Gasteiger partial charge < -0.3 is 4.74 Å². The van der Waals surface area contributed by atoms with Crippen LogP contribution in [-0.2, 0) is 10.0 Å². The highest BCUT2D eigenvalue weighted by Gasteiger charge is 2.19. The molecule has 0 bridgehead atoms. The van der Waals surface area contributed by atoms with E-state index in [1.807, 2.05) is 0 Å². The van der Waals surface area contributed by atoms with Gasteiger partial charge in [-0.3, -0.25) is 0 Å². The Morgan fingerprint density at radius 3 is 2.79 bits per heavy atom. The van der Waals surface area contributed by atoms with E-state index in [0.29, 0.717) is 10.6 Å². The van der Waals surface area contributed by atoms with Crippen molar-refractivity contribution < 1.29 is 13.2 Å². The van der Waals surface area contributed by atoms with E-state index in [0.717, 1.165) is 0 Å². The van der Waals surface area contributed by atoms with Gasteiger partial charge >= 0.3 is 6.01 Å². The molecular weight excluding hydrogens is 292 g/mol. The minimum absolute atomic E-state index is 0.0313. The van der Waals surface area contributed by atoms with E-state index in [2.05, 4.69) is 19.9 Å². The Hall–Kier alpha value is -1.80. The largest absolute Gasteiger partial charge is 0.466 e. The second-order valence-corrected chi connectivity index (χ2v) is 5.70. The Labute approximate surface area is 115 Å². The Balaban J connectivity index is 2.35. The standard InChI is InChI=1S/C10H11ClN4O3S/c1-6-7(11)4-3-5-8(6)19(16,17)15-9-12-10(18-2)14-13-9/h3-5H,1-2H3,(H2,12,13,14,15). The van der Waals surface area contributed by atoms with Crippen molar-refractivity contribution in [3.05, 3.63) is 28.8 Å². The Bertz CT molecular complexity index is 699. The normalized spacial score (nSPS) is 11.3. The van der Waals surface area contributed by atoms with Crippen molar-refractivity contribution in [2.24, 2.45) is 0 Å². The number of hydrogen-bond acceptors (Lipinski definition) is 5. The summed E-state index contributed by atoms with van der Waals surface area (Å²) in [5.74, 6) is -0.0313. The van der Waals surface area contributed by atoms with E-state index in [-0.39, 0.29) is 16.9 Å². The van der Waals surface area contributed by atoms with Crippen molar-refractivity contribution in [1.29, 1.82) is 0 Å². The van der Waals surface area contributed by atoms with Crippen LogP contribution in [0.15, 0.2) is 23.1 Å². The Morgan fingerprint density at radius 2 is 2.16 bits per heavy atom. The first-order valence-corrected chi connectivity index (χ1v) is 7.04. The number of ether oxygens (including phenoxy) is 1. The molecule has 0 aliphatic carbocycles. The molecule has 0 radical (unpaired) electrons. The quantitative estimate of drug-likeness (QED) is 0.893. The zero-order chi connectivity index (χ0) is 14.0. The van der Waals surface area contributed by atoms with Crippen LogP contribution in [0.3, 0.4) is 0 Å². The number of halogens is 1. The van der Waals surface area contributed by atoms with Crippen LogP contribution >= 0.6 is 11.6 Å². The van der Waals surface area contributed by atoms with E-state index in [9.17, 15) is 8.42 Å². The van der Waals surface area contributed by atoms with Crippen LogP contribution in [0.5, 0.6) is 6.01 Å². The van der Waals surface area contributed by atoms with Gasteiger partial charge in [0.25, 0.3) is 10.0 Å². The number of aromatic amines is 1. The molecular formula is C10H11ClN4O3S. The smallest absolute Gasteiger partial charge is 0.336 e. The lowest BCUT2D eigenvalue weighted by Crippen LogP contribution is -2.15. The predicted molar refractivity (Wildman–Crippen MR) is 69.9 cm³/mol. The van der Waals surface area contributed by atoms with Crippen LogP contribution < -0.4 is 9.46 Å². The molecule has 1 aromatic carbocycles. The first-order chi connectivity index (χ1) is 8.94. The monoisotopic (exact) mass is 302 g/mol. The van der Waals surface area contributed by atoms with E-state index < -0.39 is 10.0 Å². The summed E-state index contributed by atoms with van der Waals surface area (Å²) in [4.78, 5) is 3.86. The maximum Gasteiger partial charge on any atom is 0.336 e. The molecule has 0 saturated carbocycles. The molecule has 0 aliphatic heterocycles. The number of anilines is 1. The second-order valence-electron chi connectivity index (χ2n) is 3.64. The molecule has 0 spiro atoms. The van der Waals surface area contributed by atoms with Crippen LogP contribution in [0.2, 0.25) is 5.02 Å².